The Morgan fingerprint density at radius 3 is 2.62 bits per heavy atom. The number of nitrogens with one attached hydrogen (secondary N) is 1. The van der Waals surface area contributed by atoms with Crippen molar-refractivity contribution in [2.75, 3.05) is 26.3 Å². The maximum absolute atomic E-state index is 13.3. The lowest BCUT2D eigenvalue weighted by Gasteiger charge is -2.31. The summed E-state index contributed by atoms with van der Waals surface area (Å²) in [5, 5.41) is 32.5. The number of fused-ring (bicyclic) bond motifs is 1. The van der Waals surface area contributed by atoms with E-state index in [1.54, 1.807) is 5.01 Å². The van der Waals surface area contributed by atoms with Crippen molar-refractivity contribution in [1.82, 2.24) is 20.7 Å². The van der Waals surface area contributed by atoms with E-state index in [0.29, 0.717) is 45.2 Å². The summed E-state index contributed by atoms with van der Waals surface area (Å²) in [6.45, 7) is 1.02. The third-order valence-electron chi connectivity index (χ3n) is 5.97. The number of hydrogen-bond donors (Lipinski definition) is 4. The summed E-state index contributed by atoms with van der Waals surface area (Å²) in [5.41, 5.74) is 1.03. The van der Waals surface area contributed by atoms with Crippen molar-refractivity contribution in [1.29, 1.82) is 0 Å². The second-order valence-electron chi connectivity index (χ2n) is 8.32. The minimum absolute atomic E-state index is 0.00417. The third-order valence-corrected chi connectivity index (χ3v) is 5.97. The Hall–Kier alpha value is -2.61. The summed E-state index contributed by atoms with van der Waals surface area (Å²) in [7, 11) is 0. The van der Waals surface area contributed by atoms with Crippen molar-refractivity contribution in [2.24, 2.45) is 0 Å². The maximum atomic E-state index is 13.3. The molecule has 4 N–H and O–H groups in total. The molecular weight excluding hydrogens is 448 g/mol. The first-order valence-corrected chi connectivity index (χ1v) is 11.4. The predicted molar refractivity (Wildman–Crippen MR) is 116 cm³/mol. The number of esters is 1. The second-order valence-corrected chi connectivity index (χ2v) is 8.32. The van der Waals surface area contributed by atoms with E-state index in [4.69, 9.17) is 15.2 Å². The Morgan fingerprint density at radius 2 is 1.91 bits per heavy atom. The van der Waals surface area contributed by atoms with Gasteiger partial charge in [-0.05, 0) is 37.7 Å². The molecular formula is C22H32N4O8. The van der Waals surface area contributed by atoms with Crippen LogP contribution in [0, 0.1) is 0 Å². The van der Waals surface area contributed by atoms with Gasteiger partial charge < -0.3 is 9.84 Å². The van der Waals surface area contributed by atoms with E-state index in [0.717, 1.165) is 5.56 Å². The summed E-state index contributed by atoms with van der Waals surface area (Å²) in [6, 6.07) is 7.23. The lowest BCUT2D eigenvalue weighted by Crippen LogP contribution is -2.56. The smallest absolute Gasteiger partial charge is 0.328 e. The van der Waals surface area contributed by atoms with Gasteiger partial charge in [0.05, 0.1) is 24.6 Å². The molecule has 2 fully saturated rings. The summed E-state index contributed by atoms with van der Waals surface area (Å²) in [4.78, 5) is 42.2. The summed E-state index contributed by atoms with van der Waals surface area (Å²) in [6.07, 6.45) is 2.73. The van der Waals surface area contributed by atoms with Crippen molar-refractivity contribution < 1.29 is 39.5 Å². The van der Waals surface area contributed by atoms with Crippen LogP contribution in [-0.4, -0.2) is 93.2 Å². The number of carbonyl (C=O) groups is 3. The van der Waals surface area contributed by atoms with Crippen LogP contribution in [0.4, 0.5) is 0 Å². The zero-order chi connectivity index (χ0) is 24.5. The number of aryl methyl sites for hydroxylation is 1. The monoisotopic (exact) mass is 480 g/mol. The highest BCUT2D eigenvalue weighted by atomic mass is 17.1. The number of amides is 1. The number of hydrogen-bond acceptors (Lipinski definition) is 10. The fraction of sp³-hybridized carbons (Fsp3) is 0.591. The van der Waals surface area contributed by atoms with Gasteiger partial charge >= 0.3 is 11.9 Å². The van der Waals surface area contributed by atoms with Gasteiger partial charge in [-0.2, -0.15) is 0 Å². The molecule has 0 saturated carbocycles. The van der Waals surface area contributed by atoms with Crippen molar-refractivity contribution in [2.45, 2.75) is 56.7 Å². The first-order chi connectivity index (χ1) is 16.4. The quantitative estimate of drug-likeness (QED) is 0.189. The van der Waals surface area contributed by atoms with Crippen LogP contribution in [0.25, 0.3) is 0 Å². The molecule has 34 heavy (non-hydrogen) atoms. The normalized spacial score (nSPS) is 21.9. The van der Waals surface area contributed by atoms with E-state index in [2.05, 4.69) is 10.2 Å². The molecule has 3 rings (SSSR count). The maximum Gasteiger partial charge on any atom is 0.328 e. The fourth-order valence-electron chi connectivity index (χ4n) is 4.30. The molecule has 1 aromatic rings. The molecule has 2 aliphatic rings. The number of aliphatic carboxylic acids is 1. The number of carbonyl (C=O) groups excluding carboxylic acids is 2. The van der Waals surface area contributed by atoms with Crippen LogP contribution in [0.5, 0.6) is 0 Å². The van der Waals surface area contributed by atoms with Crippen LogP contribution in [-0.2, 0) is 30.4 Å². The van der Waals surface area contributed by atoms with Crippen LogP contribution < -0.4 is 5.32 Å². The number of rotatable bonds is 12. The van der Waals surface area contributed by atoms with Gasteiger partial charge in [-0.1, -0.05) is 30.3 Å². The molecule has 0 radical (unpaired) electrons. The standard InChI is InChI=1S/C22H32N4O8/c27-20-17(8-4-12-24-13-11-19(21(28)29)25(20)24)23-18(10-9-16-6-2-1-3-7-16)22(30)33-14-5-15-34-26(31)32/h1-3,6-7,17-19,23,31-32H,4-5,8-15H2,(H,28,29). The Bertz CT molecular complexity index is 824. The van der Waals surface area contributed by atoms with Crippen LogP contribution in [0.1, 0.15) is 37.7 Å². The number of nitrogens with zero attached hydrogens (tertiary/aromatic N) is 3. The third kappa shape index (κ3) is 7.19. The second kappa shape index (κ2) is 12.7. The average molecular weight is 481 g/mol. The van der Waals surface area contributed by atoms with Crippen LogP contribution >= 0.6 is 0 Å². The molecule has 188 valence electrons. The molecule has 1 aromatic carbocycles. The van der Waals surface area contributed by atoms with Gasteiger partial charge in [0.15, 0.2) is 0 Å². The van der Waals surface area contributed by atoms with Crippen molar-refractivity contribution in [3.8, 4) is 0 Å². The van der Waals surface area contributed by atoms with E-state index < -0.39 is 35.5 Å². The molecule has 12 heteroatoms. The highest BCUT2D eigenvalue weighted by molar-refractivity contribution is 5.88. The largest absolute Gasteiger partial charge is 0.480 e. The number of carboxylic acids is 1. The molecule has 3 unspecified atom stereocenters. The van der Waals surface area contributed by atoms with E-state index in [-0.39, 0.29) is 25.5 Å². The fourth-order valence-corrected chi connectivity index (χ4v) is 4.30. The lowest BCUT2D eigenvalue weighted by molar-refractivity contribution is -0.492. The van der Waals surface area contributed by atoms with Crippen LogP contribution in [0.3, 0.4) is 0 Å². The van der Waals surface area contributed by atoms with Crippen LogP contribution in [0.15, 0.2) is 30.3 Å². The number of carboxylic acid groups (broad SMARTS) is 1. The molecule has 3 atom stereocenters. The Labute approximate surface area is 197 Å². The molecule has 2 heterocycles. The van der Waals surface area contributed by atoms with E-state index in [1.165, 1.54) is 5.01 Å². The SMILES string of the molecule is O=C(OCCCON(O)O)C(CCc1ccccc1)NC1CCCN2CCC(C(=O)O)N2C1=O. The van der Waals surface area contributed by atoms with Crippen molar-refractivity contribution >= 4 is 17.8 Å². The van der Waals surface area contributed by atoms with Gasteiger partial charge in [0.1, 0.15) is 12.1 Å². The minimum atomic E-state index is -1.04. The van der Waals surface area contributed by atoms with Crippen LogP contribution in [0.2, 0.25) is 0 Å². The van der Waals surface area contributed by atoms with Gasteiger partial charge in [0.25, 0.3) is 5.91 Å². The summed E-state index contributed by atoms with van der Waals surface area (Å²) >= 11 is 0. The number of benzene rings is 1. The molecule has 0 bridgehead atoms. The molecule has 2 aliphatic heterocycles. The van der Waals surface area contributed by atoms with Crippen molar-refractivity contribution in [3.63, 3.8) is 0 Å². The van der Waals surface area contributed by atoms with Crippen molar-refractivity contribution in [3.05, 3.63) is 35.9 Å². The van der Waals surface area contributed by atoms with E-state index in [9.17, 15) is 19.5 Å². The first-order valence-electron chi connectivity index (χ1n) is 11.4. The minimum Gasteiger partial charge on any atom is -0.480 e. The van der Waals surface area contributed by atoms with Gasteiger partial charge in [-0.3, -0.25) is 35.2 Å². The molecule has 2 saturated heterocycles. The van der Waals surface area contributed by atoms with Gasteiger partial charge in [-0.25, -0.2) is 9.80 Å². The Balaban J connectivity index is 1.65. The molecule has 1 amide bonds. The van der Waals surface area contributed by atoms with Gasteiger partial charge in [-0.15, -0.1) is 0 Å². The average Bonchev–Trinajstić information content (AvgIpc) is 3.18. The number of ether oxygens (including phenoxy) is 1. The summed E-state index contributed by atoms with van der Waals surface area (Å²) in [5.74, 6) is -1.92. The highest BCUT2D eigenvalue weighted by Gasteiger charge is 2.44. The molecule has 0 spiro atoms. The highest BCUT2D eigenvalue weighted by Crippen LogP contribution is 2.25. The zero-order valence-corrected chi connectivity index (χ0v) is 18.9. The summed E-state index contributed by atoms with van der Waals surface area (Å²) < 4.78 is 5.34. The first kappa shape index (κ1) is 26.0. The Kier molecular flexibility index (Phi) is 9.74. The molecule has 12 nitrogen and oxygen atoms in total. The van der Waals surface area contributed by atoms with E-state index in [1.807, 2.05) is 30.3 Å². The zero-order valence-electron chi connectivity index (χ0n) is 18.9. The topological polar surface area (TPSA) is 152 Å². The van der Waals surface area contributed by atoms with Gasteiger partial charge in [0.2, 0.25) is 0 Å². The predicted octanol–water partition coefficient (Wildman–Crippen LogP) is 0.588. The number of hydrazine groups is 1. The Morgan fingerprint density at radius 1 is 1.15 bits per heavy atom. The van der Waals surface area contributed by atoms with E-state index >= 15 is 0 Å². The molecule has 0 aromatic heterocycles. The lowest BCUT2D eigenvalue weighted by atomic mass is 10.0. The molecule has 0 aliphatic carbocycles. The van der Waals surface area contributed by atoms with Gasteiger partial charge in [0, 0.05) is 19.5 Å².